The van der Waals surface area contributed by atoms with E-state index in [-0.39, 0.29) is 18.1 Å². The first kappa shape index (κ1) is 28.2. The minimum atomic E-state index is -0.212. The topological polar surface area (TPSA) is 30.5 Å². The van der Waals surface area contributed by atoms with Crippen molar-refractivity contribution in [2.75, 3.05) is 13.9 Å². The summed E-state index contributed by atoms with van der Waals surface area (Å²) in [6.07, 6.45) is 11.6. The largest absolute Gasteiger partial charge is 0.467 e. The molecule has 3 nitrogen and oxygen atoms in total. The van der Waals surface area contributed by atoms with E-state index < -0.39 is 0 Å². The molecule has 0 fully saturated rings. The summed E-state index contributed by atoms with van der Waals surface area (Å²) in [6, 6.07) is 20.2. The number of ether oxygens (including phenoxy) is 2. The van der Waals surface area contributed by atoms with Crippen LogP contribution >= 0.6 is 8.58 Å². The van der Waals surface area contributed by atoms with Crippen molar-refractivity contribution in [1.82, 2.24) is 5.32 Å². The summed E-state index contributed by atoms with van der Waals surface area (Å²) in [5.74, 6) is 1.13. The molecular formula is C33H39FNO2P. The maximum atomic E-state index is 14.3. The highest BCUT2D eigenvalue weighted by molar-refractivity contribution is 7.55. The van der Waals surface area contributed by atoms with Gasteiger partial charge in [-0.05, 0) is 85.3 Å². The van der Waals surface area contributed by atoms with E-state index in [9.17, 15) is 4.39 Å². The number of allylic oxidation sites excluding steroid dienone is 4. The van der Waals surface area contributed by atoms with E-state index >= 15 is 0 Å². The lowest BCUT2D eigenvalue weighted by Crippen LogP contribution is -2.36. The molecule has 0 saturated carbocycles. The van der Waals surface area contributed by atoms with Gasteiger partial charge in [0, 0.05) is 30.9 Å². The third kappa shape index (κ3) is 8.36. The van der Waals surface area contributed by atoms with Crippen molar-refractivity contribution in [2.45, 2.75) is 52.1 Å². The summed E-state index contributed by atoms with van der Waals surface area (Å²) in [5.41, 5.74) is 4.60. The van der Waals surface area contributed by atoms with E-state index in [0.717, 1.165) is 46.7 Å². The minimum Gasteiger partial charge on any atom is -0.467 e. The Morgan fingerprint density at radius 1 is 0.947 bits per heavy atom. The molecule has 0 aliphatic heterocycles. The third-order valence-electron chi connectivity index (χ3n) is 6.50. The lowest BCUT2D eigenvalue weighted by Gasteiger charge is -2.23. The zero-order valence-electron chi connectivity index (χ0n) is 22.9. The van der Waals surface area contributed by atoms with Crippen molar-refractivity contribution in [1.29, 1.82) is 0 Å². The molecule has 1 aliphatic rings. The van der Waals surface area contributed by atoms with Gasteiger partial charge in [0.15, 0.2) is 6.79 Å². The third-order valence-corrected chi connectivity index (χ3v) is 7.89. The van der Waals surface area contributed by atoms with Crippen molar-refractivity contribution < 1.29 is 13.9 Å². The van der Waals surface area contributed by atoms with Crippen molar-refractivity contribution >= 4 is 19.2 Å². The smallest absolute Gasteiger partial charge is 0.188 e. The summed E-state index contributed by atoms with van der Waals surface area (Å²) >= 11 is 0. The molecule has 1 N–H and O–H groups in total. The Balaban J connectivity index is 1.75. The molecule has 5 heteroatoms. The maximum absolute atomic E-state index is 14.3. The number of hydrogen-bond donors (Lipinski definition) is 1. The lowest BCUT2D eigenvalue weighted by atomic mass is 9.91. The predicted molar refractivity (Wildman–Crippen MR) is 159 cm³/mol. The molecule has 38 heavy (non-hydrogen) atoms. The molecule has 0 aromatic heterocycles. The molecule has 0 radical (unpaired) electrons. The van der Waals surface area contributed by atoms with Crippen molar-refractivity contribution in [2.24, 2.45) is 5.92 Å². The van der Waals surface area contributed by atoms with Crippen LogP contribution in [0.1, 0.15) is 49.4 Å². The molecule has 2 unspecified atom stereocenters. The van der Waals surface area contributed by atoms with Gasteiger partial charge in [0.1, 0.15) is 11.6 Å². The number of hydrogen-bond acceptors (Lipinski definition) is 3. The summed E-state index contributed by atoms with van der Waals surface area (Å²) < 4.78 is 25.9. The van der Waals surface area contributed by atoms with Crippen molar-refractivity contribution in [3.05, 3.63) is 113 Å². The number of methoxy groups -OCH3 is 1. The van der Waals surface area contributed by atoms with Crippen LogP contribution < -0.4 is 20.7 Å². The SMILES string of the molecule is COCOc1c(Cc2ccccc2)cc(CC2C=CC=CC2)cc1Pc1ccc(F)cc1CNC(C)(C)C. The van der Waals surface area contributed by atoms with E-state index in [2.05, 4.69) is 86.8 Å². The standard InChI is InChI=1S/C33H39FNO2P/c1-33(2,3)35-22-28-21-29(34)15-16-30(28)38-31-20-26(17-24-11-7-5-8-12-24)19-27(32(31)37-23-36-4)18-25-13-9-6-10-14-25/h5-11,13-16,19-21,24,35,38H,12,17-18,22-23H2,1-4H3. The van der Waals surface area contributed by atoms with E-state index in [1.165, 1.54) is 11.1 Å². The molecule has 1 aliphatic carbocycles. The van der Waals surface area contributed by atoms with Gasteiger partial charge in [-0.25, -0.2) is 4.39 Å². The molecule has 0 heterocycles. The van der Waals surface area contributed by atoms with Gasteiger partial charge in [-0.3, -0.25) is 0 Å². The van der Waals surface area contributed by atoms with Crippen molar-refractivity contribution in [3.63, 3.8) is 0 Å². The minimum absolute atomic E-state index is 0.0653. The van der Waals surface area contributed by atoms with Crippen LogP contribution in [-0.2, 0) is 24.1 Å². The van der Waals surface area contributed by atoms with Gasteiger partial charge in [0.05, 0.1) is 0 Å². The van der Waals surface area contributed by atoms with Crippen LogP contribution in [0.5, 0.6) is 5.75 Å². The van der Waals surface area contributed by atoms with Gasteiger partial charge in [-0.2, -0.15) is 0 Å². The second-order valence-corrected chi connectivity index (χ2v) is 12.2. The maximum Gasteiger partial charge on any atom is 0.188 e. The Morgan fingerprint density at radius 2 is 1.76 bits per heavy atom. The van der Waals surface area contributed by atoms with Crippen LogP contribution in [0.2, 0.25) is 0 Å². The van der Waals surface area contributed by atoms with Crippen molar-refractivity contribution in [3.8, 4) is 5.75 Å². The fourth-order valence-electron chi connectivity index (χ4n) is 4.62. The Kier molecular flexibility index (Phi) is 9.91. The van der Waals surface area contributed by atoms with E-state index in [0.29, 0.717) is 21.0 Å². The first-order valence-corrected chi connectivity index (χ1v) is 14.3. The molecule has 0 saturated heterocycles. The number of rotatable bonds is 11. The molecule has 0 spiro atoms. The molecule has 3 aromatic carbocycles. The molecular weight excluding hydrogens is 492 g/mol. The number of nitrogens with one attached hydrogen (secondary N) is 1. The second kappa shape index (κ2) is 13.3. The van der Waals surface area contributed by atoms with Gasteiger partial charge < -0.3 is 14.8 Å². The van der Waals surface area contributed by atoms with Gasteiger partial charge in [0.2, 0.25) is 0 Å². The lowest BCUT2D eigenvalue weighted by molar-refractivity contribution is 0.0513. The number of benzene rings is 3. The summed E-state index contributed by atoms with van der Waals surface area (Å²) in [6.45, 7) is 7.15. The Hall–Kier alpha value is -2.78. The first-order valence-electron chi connectivity index (χ1n) is 13.3. The Morgan fingerprint density at radius 3 is 2.47 bits per heavy atom. The van der Waals surface area contributed by atoms with E-state index in [1.807, 2.05) is 12.1 Å². The predicted octanol–water partition coefficient (Wildman–Crippen LogP) is 6.59. The van der Waals surface area contributed by atoms with Gasteiger partial charge >= 0.3 is 0 Å². The van der Waals surface area contributed by atoms with Crippen LogP contribution in [-0.4, -0.2) is 19.4 Å². The fraction of sp³-hybridized carbons (Fsp3) is 0.333. The molecule has 4 rings (SSSR count). The average molecular weight is 532 g/mol. The first-order chi connectivity index (χ1) is 18.3. The Labute approximate surface area is 228 Å². The zero-order valence-corrected chi connectivity index (χ0v) is 23.9. The summed E-state index contributed by atoms with van der Waals surface area (Å²) in [7, 11) is 1.97. The monoisotopic (exact) mass is 531 g/mol. The summed E-state index contributed by atoms with van der Waals surface area (Å²) in [4.78, 5) is 0. The van der Waals surface area contributed by atoms with Crippen LogP contribution in [0.25, 0.3) is 0 Å². The quantitative estimate of drug-likeness (QED) is 0.224. The molecule has 200 valence electrons. The van der Waals surface area contributed by atoms with E-state index in [4.69, 9.17) is 9.47 Å². The average Bonchev–Trinajstić information content (AvgIpc) is 2.89. The van der Waals surface area contributed by atoms with Gasteiger partial charge in [-0.1, -0.05) is 75.3 Å². The van der Waals surface area contributed by atoms with Crippen LogP contribution in [0.4, 0.5) is 4.39 Å². The zero-order chi connectivity index (χ0) is 27.0. The van der Waals surface area contributed by atoms with Gasteiger partial charge in [0.25, 0.3) is 0 Å². The summed E-state index contributed by atoms with van der Waals surface area (Å²) in [5, 5.41) is 5.77. The Bertz CT molecular complexity index is 1260. The van der Waals surface area contributed by atoms with Crippen LogP contribution in [0.15, 0.2) is 85.0 Å². The number of halogens is 1. The molecule has 0 bridgehead atoms. The van der Waals surface area contributed by atoms with Gasteiger partial charge in [-0.15, -0.1) is 0 Å². The second-order valence-electron chi connectivity index (χ2n) is 10.9. The molecule has 2 atom stereocenters. The normalized spacial score (nSPS) is 15.4. The van der Waals surface area contributed by atoms with Crippen LogP contribution in [0.3, 0.4) is 0 Å². The fourth-order valence-corrected chi connectivity index (χ4v) is 6.00. The molecule has 0 amide bonds. The highest BCUT2D eigenvalue weighted by Crippen LogP contribution is 2.30. The van der Waals surface area contributed by atoms with Crippen LogP contribution in [0, 0.1) is 11.7 Å². The highest BCUT2D eigenvalue weighted by Gasteiger charge is 2.18. The highest BCUT2D eigenvalue weighted by atomic mass is 31.1. The van der Waals surface area contributed by atoms with E-state index in [1.54, 1.807) is 19.2 Å². The molecule has 3 aromatic rings.